The lowest BCUT2D eigenvalue weighted by Gasteiger charge is -2.52. The molecule has 2 aliphatic heterocycles. The number of hydrogen-bond donors (Lipinski definition) is 1. The Morgan fingerprint density at radius 3 is 2.42 bits per heavy atom. The second kappa shape index (κ2) is 10.8. The first-order chi connectivity index (χ1) is 17.1. The van der Waals surface area contributed by atoms with Crippen LogP contribution in [0.15, 0.2) is 48.5 Å². The van der Waals surface area contributed by atoms with Crippen LogP contribution in [0.5, 0.6) is 0 Å². The fraction of sp³-hybridized carbons (Fsp3) is 0.464. The predicted molar refractivity (Wildman–Crippen MR) is 140 cm³/mol. The fourth-order valence-electron chi connectivity index (χ4n) is 5.85. The van der Waals surface area contributed by atoms with Crippen molar-refractivity contribution >= 4 is 41.0 Å². The van der Waals surface area contributed by atoms with Crippen molar-refractivity contribution < 1.29 is 19.5 Å². The zero-order valence-electron chi connectivity index (χ0n) is 20.6. The number of hydrogen-bond acceptors (Lipinski definition) is 3. The second-order valence-corrected chi connectivity index (χ2v) is 11.1. The first-order valence-electron chi connectivity index (χ1n) is 12.5. The summed E-state index contributed by atoms with van der Waals surface area (Å²) in [6, 6.07) is 14.4. The number of carbonyl (C=O) groups excluding carboxylic acids is 2. The van der Waals surface area contributed by atoms with Crippen molar-refractivity contribution in [2.24, 2.45) is 5.41 Å². The van der Waals surface area contributed by atoms with Crippen LogP contribution in [-0.2, 0) is 14.4 Å². The quantitative estimate of drug-likeness (QED) is 0.458. The van der Waals surface area contributed by atoms with Gasteiger partial charge in [0.2, 0.25) is 11.8 Å². The van der Waals surface area contributed by atoms with E-state index in [1.54, 1.807) is 13.0 Å². The Morgan fingerprint density at radius 2 is 1.83 bits per heavy atom. The van der Waals surface area contributed by atoms with Crippen LogP contribution in [0.3, 0.4) is 0 Å². The topological polar surface area (TPSA) is 77.9 Å². The third kappa shape index (κ3) is 5.40. The maximum absolute atomic E-state index is 14.2. The number of halogens is 2. The van der Waals surface area contributed by atoms with Crippen LogP contribution in [0, 0.1) is 5.41 Å². The zero-order chi connectivity index (χ0) is 26.0. The molecule has 2 aromatic carbocycles. The van der Waals surface area contributed by atoms with Crippen molar-refractivity contribution in [3.05, 3.63) is 69.7 Å². The number of nitrogens with zero attached hydrogens (tertiary/aromatic N) is 2. The van der Waals surface area contributed by atoms with Crippen LogP contribution in [0.2, 0.25) is 10.0 Å². The van der Waals surface area contributed by atoms with E-state index in [-0.39, 0.29) is 36.2 Å². The van der Waals surface area contributed by atoms with Gasteiger partial charge in [0.15, 0.2) is 0 Å². The van der Waals surface area contributed by atoms with Gasteiger partial charge in [-0.15, -0.1) is 0 Å². The van der Waals surface area contributed by atoms with E-state index in [0.29, 0.717) is 42.4 Å². The highest BCUT2D eigenvalue weighted by Gasteiger charge is 2.52. The minimum atomic E-state index is -1.11. The van der Waals surface area contributed by atoms with Gasteiger partial charge in [0.1, 0.15) is 0 Å². The molecule has 0 spiro atoms. The van der Waals surface area contributed by atoms with Gasteiger partial charge in [0.05, 0.1) is 17.9 Å². The second-order valence-electron chi connectivity index (χ2n) is 10.2. The Balaban J connectivity index is 1.87. The van der Waals surface area contributed by atoms with Gasteiger partial charge in [0.25, 0.3) is 0 Å². The average Bonchev–Trinajstić information content (AvgIpc) is 3.23. The van der Waals surface area contributed by atoms with Gasteiger partial charge < -0.3 is 14.9 Å². The molecule has 0 aliphatic carbocycles. The summed E-state index contributed by atoms with van der Waals surface area (Å²) in [5.74, 6) is -1.30. The van der Waals surface area contributed by atoms with Crippen molar-refractivity contribution in [2.75, 3.05) is 13.1 Å². The molecule has 2 saturated heterocycles. The monoisotopic (exact) mass is 530 g/mol. The molecule has 1 N–H and O–H groups in total. The summed E-state index contributed by atoms with van der Waals surface area (Å²) in [6.45, 7) is 4.86. The molecule has 36 heavy (non-hydrogen) atoms. The number of carboxylic acid groups (broad SMARTS) is 1. The van der Waals surface area contributed by atoms with E-state index >= 15 is 0 Å². The smallest absolute Gasteiger partial charge is 0.304 e. The number of rotatable bonds is 8. The van der Waals surface area contributed by atoms with Crippen LogP contribution in [-0.4, -0.2) is 51.8 Å². The lowest BCUT2D eigenvalue weighted by Crippen LogP contribution is -2.58. The number of likely N-dealkylation sites (tertiary alicyclic amines) is 2. The van der Waals surface area contributed by atoms with E-state index in [1.807, 2.05) is 59.2 Å². The maximum Gasteiger partial charge on any atom is 0.304 e. The molecule has 2 heterocycles. The molecule has 4 atom stereocenters. The molecule has 8 heteroatoms. The van der Waals surface area contributed by atoms with Crippen LogP contribution >= 0.6 is 23.2 Å². The molecule has 2 aliphatic rings. The highest BCUT2D eigenvalue weighted by atomic mass is 35.5. The zero-order valence-corrected chi connectivity index (χ0v) is 22.1. The Hall–Kier alpha value is -2.57. The van der Waals surface area contributed by atoms with Crippen LogP contribution in [0.25, 0.3) is 0 Å². The highest BCUT2D eigenvalue weighted by Crippen LogP contribution is 2.52. The third-order valence-corrected chi connectivity index (χ3v) is 8.09. The highest BCUT2D eigenvalue weighted by molar-refractivity contribution is 6.30. The molecule has 0 bridgehead atoms. The van der Waals surface area contributed by atoms with Gasteiger partial charge in [-0.25, -0.2) is 0 Å². The van der Waals surface area contributed by atoms with Gasteiger partial charge in [-0.3, -0.25) is 14.4 Å². The van der Waals surface area contributed by atoms with E-state index in [0.717, 1.165) is 17.5 Å². The summed E-state index contributed by atoms with van der Waals surface area (Å²) in [4.78, 5) is 42.3. The number of amides is 2. The first-order valence-corrected chi connectivity index (χ1v) is 13.2. The largest absolute Gasteiger partial charge is 0.481 e. The Labute approximate surface area is 222 Å². The number of carboxylic acids is 1. The summed E-state index contributed by atoms with van der Waals surface area (Å²) >= 11 is 12.6. The summed E-state index contributed by atoms with van der Waals surface area (Å²) in [5, 5.41) is 10.9. The molecule has 6 nitrogen and oxygen atoms in total. The van der Waals surface area contributed by atoms with Crippen LogP contribution in [0.4, 0.5) is 0 Å². The van der Waals surface area contributed by atoms with Gasteiger partial charge in [-0.05, 0) is 54.7 Å². The molecule has 0 aromatic heterocycles. The fourth-order valence-corrected chi connectivity index (χ4v) is 6.17. The number of carbonyl (C=O) groups is 3. The molecular formula is C28H32Cl2N2O4. The van der Waals surface area contributed by atoms with Crippen LogP contribution < -0.4 is 0 Å². The number of benzene rings is 2. The molecule has 0 radical (unpaired) electrons. The molecule has 2 fully saturated rings. The van der Waals surface area contributed by atoms with E-state index in [4.69, 9.17) is 23.2 Å². The van der Waals surface area contributed by atoms with Crippen molar-refractivity contribution in [2.45, 2.75) is 64.0 Å². The molecule has 4 rings (SSSR count). The number of piperidine rings is 1. The normalized spacial score (nSPS) is 25.3. The molecule has 2 aromatic rings. The minimum absolute atomic E-state index is 0.0978. The maximum atomic E-state index is 14.2. The third-order valence-electron chi connectivity index (χ3n) is 7.60. The standard InChI is InChI=1S/C28H32Cl2N2O4/c1-3-22(17-31-13-5-8-24(31)33)32-26(18-9-11-20(29)12-10-18)23(19-6-4-7-21(30)14-19)15-28(2,27(32)36)16-25(34)35/h4,6-7,9-12,14,22-23,26H,3,5,8,13,15-17H2,1-2H3,(H,34,35)/t22-,23?,26+,28+/m0/s1. The van der Waals surface area contributed by atoms with Crippen molar-refractivity contribution in [3.8, 4) is 0 Å². The van der Waals surface area contributed by atoms with E-state index < -0.39 is 11.4 Å². The van der Waals surface area contributed by atoms with E-state index in [1.165, 1.54) is 0 Å². The lowest BCUT2D eigenvalue weighted by molar-refractivity contribution is -0.161. The summed E-state index contributed by atoms with van der Waals surface area (Å²) in [6.07, 6.45) is 2.05. The van der Waals surface area contributed by atoms with Crippen LogP contribution in [0.1, 0.15) is 69.0 Å². The minimum Gasteiger partial charge on any atom is -0.481 e. The summed E-state index contributed by atoms with van der Waals surface area (Å²) < 4.78 is 0. The van der Waals surface area contributed by atoms with E-state index in [2.05, 4.69) is 0 Å². The SMILES string of the molecule is CC[C@@H](CN1CCCC1=O)N1C(=O)[C@@](C)(CC(=O)O)CC(c2cccc(Cl)c2)[C@H]1c1ccc(Cl)cc1. The number of aliphatic carboxylic acids is 1. The van der Waals surface area contributed by atoms with Gasteiger partial charge >= 0.3 is 5.97 Å². The Morgan fingerprint density at radius 1 is 1.11 bits per heavy atom. The molecule has 192 valence electrons. The van der Waals surface area contributed by atoms with Gasteiger partial charge in [-0.2, -0.15) is 0 Å². The Kier molecular flexibility index (Phi) is 7.96. The molecule has 2 amide bonds. The van der Waals surface area contributed by atoms with Gasteiger partial charge in [0, 0.05) is 41.5 Å². The lowest BCUT2D eigenvalue weighted by atomic mass is 9.67. The van der Waals surface area contributed by atoms with Crippen molar-refractivity contribution in [1.29, 1.82) is 0 Å². The molecule has 0 saturated carbocycles. The van der Waals surface area contributed by atoms with Crippen molar-refractivity contribution in [3.63, 3.8) is 0 Å². The first kappa shape index (κ1) is 26.5. The van der Waals surface area contributed by atoms with E-state index in [9.17, 15) is 19.5 Å². The molecule has 1 unspecified atom stereocenters. The summed E-state index contributed by atoms with van der Waals surface area (Å²) in [7, 11) is 0. The van der Waals surface area contributed by atoms with Crippen molar-refractivity contribution in [1.82, 2.24) is 9.80 Å². The predicted octanol–water partition coefficient (Wildman–Crippen LogP) is 5.93. The summed E-state index contributed by atoms with van der Waals surface area (Å²) in [5.41, 5.74) is 0.759. The molecular weight excluding hydrogens is 499 g/mol. The Bertz CT molecular complexity index is 1140. The van der Waals surface area contributed by atoms with Gasteiger partial charge in [-0.1, -0.05) is 61.3 Å². The average molecular weight is 531 g/mol.